The first-order valence-corrected chi connectivity index (χ1v) is 12.0. The van der Waals surface area contributed by atoms with Crippen LogP contribution in [0.1, 0.15) is 29.7 Å². The van der Waals surface area contributed by atoms with Crippen molar-refractivity contribution in [1.29, 1.82) is 0 Å². The topological polar surface area (TPSA) is 81.1 Å². The Labute approximate surface area is 212 Å². The van der Waals surface area contributed by atoms with E-state index in [1.165, 1.54) is 6.33 Å². The average Bonchev–Trinajstić information content (AvgIpc) is 3.32. The van der Waals surface area contributed by atoms with E-state index >= 15 is 0 Å². The van der Waals surface area contributed by atoms with Crippen molar-refractivity contribution < 1.29 is 9.53 Å². The predicted octanol–water partition coefficient (Wildman–Crippen LogP) is 5.86. The van der Waals surface area contributed by atoms with E-state index in [2.05, 4.69) is 36.6 Å². The second-order valence-electron chi connectivity index (χ2n) is 8.40. The van der Waals surface area contributed by atoms with Crippen molar-refractivity contribution in [2.45, 2.75) is 26.5 Å². The molecule has 35 heavy (non-hydrogen) atoms. The first-order chi connectivity index (χ1) is 17.0. The van der Waals surface area contributed by atoms with E-state index < -0.39 is 6.04 Å². The van der Waals surface area contributed by atoms with Crippen molar-refractivity contribution in [3.8, 4) is 5.75 Å². The van der Waals surface area contributed by atoms with Crippen LogP contribution in [-0.4, -0.2) is 20.7 Å². The molecule has 3 aromatic carbocycles. The molecule has 0 spiro atoms. The molecule has 1 aliphatic heterocycles. The molecule has 1 aromatic heterocycles. The molecule has 0 saturated heterocycles. The lowest BCUT2D eigenvalue weighted by Crippen LogP contribution is -2.31. The molecule has 1 aliphatic rings. The lowest BCUT2D eigenvalue weighted by Gasteiger charge is -2.28. The van der Waals surface area contributed by atoms with Crippen LogP contribution in [0.5, 0.6) is 5.75 Å². The number of carbonyl (C=O) groups excluding carboxylic acids is 1. The molecule has 2 heterocycles. The Morgan fingerprint density at radius 1 is 1.03 bits per heavy atom. The molecule has 5 rings (SSSR count). The monoisotopic (exact) mass is 529 g/mol. The summed E-state index contributed by atoms with van der Waals surface area (Å²) < 4.78 is 8.72. The number of ether oxygens (including phenoxy) is 1. The van der Waals surface area contributed by atoms with Crippen molar-refractivity contribution in [3.63, 3.8) is 0 Å². The maximum Gasteiger partial charge on any atom is 0.255 e. The van der Waals surface area contributed by atoms with Gasteiger partial charge in [-0.2, -0.15) is 10.1 Å². The van der Waals surface area contributed by atoms with Crippen LogP contribution in [0.2, 0.25) is 0 Å². The van der Waals surface area contributed by atoms with Gasteiger partial charge in [0, 0.05) is 15.9 Å². The summed E-state index contributed by atoms with van der Waals surface area (Å²) in [7, 11) is 0. The molecule has 1 amide bonds. The van der Waals surface area contributed by atoms with Crippen LogP contribution in [-0.2, 0) is 11.4 Å². The summed E-state index contributed by atoms with van der Waals surface area (Å²) in [5.74, 6) is 1.14. The lowest BCUT2D eigenvalue weighted by molar-refractivity contribution is -0.113. The van der Waals surface area contributed by atoms with Crippen LogP contribution in [0.15, 0.2) is 94.9 Å². The molecule has 0 radical (unpaired) electrons. The van der Waals surface area contributed by atoms with Gasteiger partial charge in [-0.05, 0) is 61.4 Å². The van der Waals surface area contributed by atoms with E-state index in [0.29, 0.717) is 18.1 Å². The molecule has 2 N–H and O–H groups in total. The third kappa shape index (κ3) is 4.97. The van der Waals surface area contributed by atoms with Crippen LogP contribution in [0, 0.1) is 6.92 Å². The Morgan fingerprint density at radius 3 is 2.46 bits per heavy atom. The minimum absolute atomic E-state index is 0.194. The van der Waals surface area contributed by atoms with Crippen molar-refractivity contribution in [3.05, 3.63) is 112 Å². The summed E-state index contributed by atoms with van der Waals surface area (Å²) in [5, 5.41) is 10.6. The van der Waals surface area contributed by atoms with Gasteiger partial charge >= 0.3 is 0 Å². The van der Waals surface area contributed by atoms with Gasteiger partial charge in [-0.25, -0.2) is 4.68 Å². The Hall–Kier alpha value is -3.91. The number of fused-ring (bicyclic) bond motifs is 1. The van der Waals surface area contributed by atoms with Crippen molar-refractivity contribution in [2.75, 3.05) is 10.6 Å². The molecule has 1 atom stereocenters. The smallest absolute Gasteiger partial charge is 0.255 e. The summed E-state index contributed by atoms with van der Waals surface area (Å²) in [4.78, 5) is 17.7. The van der Waals surface area contributed by atoms with Gasteiger partial charge in [-0.3, -0.25) is 4.79 Å². The van der Waals surface area contributed by atoms with Gasteiger partial charge in [0.2, 0.25) is 5.95 Å². The number of benzene rings is 3. The summed E-state index contributed by atoms with van der Waals surface area (Å²) in [6.45, 7) is 4.36. The highest BCUT2D eigenvalue weighted by Gasteiger charge is 2.33. The number of anilines is 2. The van der Waals surface area contributed by atoms with Crippen LogP contribution in [0.25, 0.3) is 0 Å². The average molecular weight is 530 g/mol. The maximum atomic E-state index is 13.4. The minimum atomic E-state index is -0.431. The lowest BCUT2D eigenvalue weighted by atomic mass is 9.95. The van der Waals surface area contributed by atoms with Gasteiger partial charge in [0.05, 0.1) is 5.57 Å². The van der Waals surface area contributed by atoms with Crippen LogP contribution >= 0.6 is 15.9 Å². The number of carbonyl (C=O) groups is 1. The first kappa shape index (κ1) is 22.9. The number of allylic oxidation sites excluding steroid dienone is 1. The van der Waals surface area contributed by atoms with Gasteiger partial charge in [-0.15, -0.1) is 0 Å². The van der Waals surface area contributed by atoms with Gasteiger partial charge in [0.25, 0.3) is 5.91 Å². The number of rotatable bonds is 6. The van der Waals surface area contributed by atoms with Gasteiger partial charge in [0.15, 0.2) is 0 Å². The highest BCUT2D eigenvalue weighted by molar-refractivity contribution is 9.10. The largest absolute Gasteiger partial charge is 0.489 e. The zero-order valence-electron chi connectivity index (χ0n) is 19.3. The summed E-state index contributed by atoms with van der Waals surface area (Å²) in [6, 6.07) is 23.1. The van der Waals surface area contributed by atoms with Gasteiger partial charge in [-0.1, -0.05) is 57.9 Å². The van der Waals surface area contributed by atoms with E-state index in [1.54, 1.807) is 4.68 Å². The summed E-state index contributed by atoms with van der Waals surface area (Å²) in [5.41, 5.74) is 5.16. The van der Waals surface area contributed by atoms with E-state index in [1.807, 2.05) is 86.6 Å². The third-order valence-corrected chi connectivity index (χ3v) is 6.39. The zero-order chi connectivity index (χ0) is 24.4. The zero-order valence-corrected chi connectivity index (χ0v) is 20.9. The molecule has 176 valence electrons. The summed E-state index contributed by atoms with van der Waals surface area (Å²) >= 11 is 3.45. The van der Waals surface area contributed by atoms with Crippen molar-refractivity contribution in [1.82, 2.24) is 14.8 Å². The second kappa shape index (κ2) is 9.76. The molecule has 8 heteroatoms. The van der Waals surface area contributed by atoms with E-state index in [9.17, 15) is 4.79 Å². The third-order valence-electron chi connectivity index (χ3n) is 5.86. The number of hydrogen-bond donors (Lipinski definition) is 2. The van der Waals surface area contributed by atoms with E-state index in [0.717, 1.165) is 38.3 Å². The molecule has 0 fully saturated rings. The SMILES string of the molecule is CC1=C(C(=O)Nc2ccc(C)cc2)C(c2ccc(OCc3ccc(Br)cc3)cc2)n2ncnc2N1. The quantitative estimate of drug-likeness (QED) is 0.327. The first-order valence-electron chi connectivity index (χ1n) is 11.2. The second-order valence-corrected chi connectivity index (χ2v) is 9.31. The predicted molar refractivity (Wildman–Crippen MR) is 139 cm³/mol. The Morgan fingerprint density at radius 2 is 1.74 bits per heavy atom. The molecule has 0 bridgehead atoms. The highest BCUT2D eigenvalue weighted by atomic mass is 79.9. The number of halogens is 1. The minimum Gasteiger partial charge on any atom is -0.489 e. The Kier molecular flexibility index (Phi) is 6.37. The maximum absolute atomic E-state index is 13.4. The molecule has 1 unspecified atom stereocenters. The molecule has 0 aliphatic carbocycles. The van der Waals surface area contributed by atoms with Gasteiger partial charge < -0.3 is 15.4 Å². The number of amides is 1. The number of aryl methyl sites for hydroxylation is 1. The van der Waals surface area contributed by atoms with Gasteiger partial charge in [0.1, 0.15) is 24.7 Å². The fraction of sp³-hybridized carbons (Fsp3) is 0.148. The Bertz CT molecular complexity index is 1380. The normalized spacial score (nSPS) is 14.8. The van der Waals surface area contributed by atoms with E-state index in [-0.39, 0.29) is 5.91 Å². The number of hydrogen-bond acceptors (Lipinski definition) is 5. The summed E-state index contributed by atoms with van der Waals surface area (Å²) in [6.07, 6.45) is 1.49. The molecule has 4 aromatic rings. The molecule has 0 saturated carbocycles. The number of nitrogens with one attached hydrogen (secondary N) is 2. The number of aromatic nitrogens is 3. The van der Waals surface area contributed by atoms with Crippen LogP contribution in [0.4, 0.5) is 11.6 Å². The fourth-order valence-electron chi connectivity index (χ4n) is 4.02. The number of nitrogens with zero attached hydrogens (tertiary/aromatic N) is 3. The van der Waals surface area contributed by atoms with Crippen LogP contribution < -0.4 is 15.4 Å². The van der Waals surface area contributed by atoms with Crippen LogP contribution in [0.3, 0.4) is 0 Å². The Balaban J connectivity index is 1.40. The molecular weight excluding hydrogens is 506 g/mol. The van der Waals surface area contributed by atoms with E-state index in [4.69, 9.17) is 4.74 Å². The van der Waals surface area contributed by atoms with Crippen molar-refractivity contribution in [2.24, 2.45) is 0 Å². The molecular formula is C27H24BrN5O2. The standard InChI is InChI=1S/C27H24BrN5O2/c1-17-3-11-22(12-4-17)32-26(34)24-18(2)31-27-29-16-30-33(27)25(24)20-7-13-23(14-8-20)35-15-19-5-9-21(28)10-6-19/h3-14,16,25H,15H2,1-2H3,(H,32,34)(H,29,30,31). The molecule has 7 nitrogen and oxygen atoms in total. The van der Waals surface area contributed by atoms with Crippen molar-refractivity contribution >= 4 is 33.5 Å². The fourth-order valence-corrected chi connectivity index (χ4v) is 4.29. The highest BCUT2D eigenvalue weighted by Crippen LogP contribution is 2.35.